The largest absolute Gasteiger partial charge is 0.433 e. The minimum Gasteiger partial charge on any atom is -0.383 e. The van der Waals surface area contributed by atoms with Crippen molar-refractivity contribution in [3.8, 4) is 0 Å². The number of halogens is 3. The molecule has 0 aromatic carbocycles. The zero-order chi connectivity index (χ0) is 17.3. The Labute approximate surface area is 134 Å². The second kappa shape index (κ2) is 6.32. The van der Waals surface area contributed by atoms with Crippen molar-refractivity contribution in [1.82, 2.24) is 15.1 Å². The highest BCUT2D eigenvalue weighted by molar-refractivity contribution is 7.10. The van der Waals surface area contributed by atoms with Crippen LogP contribution in [-0.4, -0.2) is 27.3 Å². The molecule has 0 aliphatic heterocycles. The molecule has 126 valence electrons. The molecule has 0 spiro atoms. The van der Waals surface area contributed by atoms with Crippen LogP contribution < -0.4 is 5.32 Å². The van der Waals surface area contributed by atoms with Gasteiger partial charge in [0.05, 0.1) is 18.3 Å². The average molecular weight is 347 g/mol. The van der Waals surface area contributed by atoms with Crippen LogP contribution in [-0.2, 0) is 18.3 Å². The van der Waals surface area contributed by atoms with Crippen molar-refractivity contribution in [3.05, 3.63) is 39.8 Å². The summed E-state index contributed by atoms with van der Waals surface area (Å²) >= 11 is 1.29. The number of carbonyl (C=O) groups is 1. The monoisotopic (exact) mass is 347 g/mol. The number of aryl methyl sites for hydroxylation is 1. The second-order valence-electron chi connectivity index (χ2n) is 5.15. The van der Waals surface area contributed by atoms with Crippen molar-refractivity contribution < 1.29 is 23.1 Å². The first-order valence-electron chi connectivity index (χ1n) is 6.84. The van der Waals surface area contributed by atoms with Crippen molar-refractivity contribution >= 4 is 17.2 Å². The predicted octanol–water partition coefficient (Wildman–Crippen LogP) is 2.62. The maximum Gasteiger partial charge on any atom is 0.433 e. The van der Waals surface area contributed by atoms with Gasteiger partial charge in [0.2, 0.25) is 0 Å². The molecule has 0 aliphatic carbocycles. The molecule has 0 saturated heterocycles. The summed E-state index contributed by atoms with van der Waals surface area (Å²) in [5.74, 6) is -0.922. The van der Waals surface area contributed by atoms with Crippen LogP contribution in [0.5, 0.6) is 0 Å². The van der Waals surface area contributed by atoms with Gasteiger partial charge in [-0.3, -0.25) is 9.48 Å². The van der Waals surface area contributed by atoms with Gasteiger partial charge in [0.25, 0.3) is 5.91 Å². The molecule has 2 N–H and O–H groups in total. The van der Waals surface area contributed by atoms with Crippen molar-refractivity contribution in [1.29, 1.82) is 0 Å². The first-order chi connectivity index (χ1) is 10.7. The summed E-state index contributed by atoms with van der Waals surface area (Å²) in [4.78, 5) is 12.7. The molecule has 0 radical (unpaired) electrons. The van der Waals surface area contributed by atoms with Crippen LogP contribution in [0.1, 0.15) is 34.8 Å². The molecule has 2 aromatic rings. The lowest BCUT2D eigenvalue weighted by Gasteiger charge is -2.22. The molecule has 1 amide bonds. The molecule has 0 saturated carbocycles. The number of thiophene rings is 1. The molecule has 1 unspecified atom stereocenters. The van der Waals surface area contributed by atoms with E-state index in [1.165, 1.54) is 25.2 Å². The summed E-state index contributed by atoms with van der Waals surface area (Å²) in [6, 6.07) is 3.43. The van der Waals surface area contributed by atoms with Crippen LogP contribution in [0.3, 0.4) is 0 Å². The molecule has 5 nitrogen and oxygen atoms in total. The first-order valence-corrected chi connectivity index (χ1v) is 7.72. The van der Waals surface area contributed by atoms with E-state index < -0.39 is 28.9 Å². The van der Waals surface area contributed by atoms with E-state index in [2.05, 4.69) is 10.4 Å². The summed E-state index contributed by atoms with van der Waals surface area (Å²) < 4.78 is 40.0. The van der Waals surface area contributed by atoms with E-state index in [4.69, 9.17) is 0 Å². The molecule has 23 heavy (non-hydrogen) atoms. The predicted molar refractivity (Wildman–Crippen MR) is 79.1 cm³/mol. The van der Waals surface area contributed by atoms with Crippen molar-refractivity contribution in [2.24, 2.45) is 0 Å². The molecule has 0 aliphatic rings. The molecular weight excluding hydrogens is 331 g/mol. The molecule has 2 rings (SSSR count). The quantitative estimate of drug-likeness (QED) is 0.874. The molecule has 2 aromatic heterocycles. The summed E-state index contributed by atoms with van der Waals surface area (Å²) in [6.45, 7) is 2.78. The Kier molecular flexibility index (Phi) is 4.81. The third-order valence-electron chi connectivity index (χ3n) is 3.30. The number of amides is 1. The van der Waals surface area contributed by atoms with Gasteiger partial charge in [-0.25, -0.2) is 0 Å². The number of hydrogen-bond acceptors (Lipinski definition) is 4. The first kappa shape index (κ1) is 17.5. The van der Waals surface area contributed by atoms with E-state index in [0.29, 0.717) is 4.88 Å². The van der Waals surface area contributed by atoms with Crippen molar-refractivity contribution in [2.45, 2.75) is 32.2 Å². The van der Waals surface area contributed by atoms with Crippen LogP contribution in [0.4, 0.5) is 13.2 Å². The lowest BCUT2D eigenvalue weighted by molar-refractivity contribution is -0.144. The number of nitrogens with zero attached hydrogens (tertiary/aromatic N) is 2. The van der Waals surface area contributed by atoms with Crippen LogP contribution in [0, 0.1) is 0 Å². The molecular formula is C14H16F3N3O2S. The van der Waals surface area contributed by atoms with Gasteiger partial charge in [-0.1, -0.05) is 6.07 Å². The van der Waals surface area contributed by atoms with E-state index in [-0.39, 0.29) is 13.1 Å². The van der Waals surface area contributed by atoms with Gasteiger partial charge >= 0.3 is 6.18 Å². The van der Waals surface area contributed by atoms with E-state index >= 15 is 0 Å². The third-order valence-corrected chi connectivity index (χ3v) is 4.42. The van der Waals surface area contributed by atoms with Gasteiger partial charge in [0.1, 0.15) is 5.60 Å². The lowest BCUT2D eigenvalue weighted by atomic mass is 10.1. The van der Waals surface area contributed by atoms with E-state index in [1.54, 1.807) is 17.5 Å². The Balaban J connectivity index is 2.18. The Morgan fingerprint density at radius 2 is 2.17 bits per heavy atom. The van der Waals surface area contributed by atoms with Gasteiger partial charge in [0, 0.05) is 11.4 Å². The molecule has 1 atom stereocenters. The van der Waals surface area contributed by atoms with Gasteiger partial charge in [-0.05, 0) is 25.3 Å². The minimum absolute atomic E-state index is 0.00493. The standard InChI is InChI=1S/C14H16F3N3O2S/c1-3-20-11(14(15,16)17)9(7-19-20)12(21)18-8-13(2,22)10-5-4-6-23-10/h4-7,22H,3,8H2,1-2H3,(H,18,21). The Morgan fingerprint density at radius 3 is 2.70 bits per heavy atom. The number of nitrogens with one attached hydrogen (secondary N) is 1. The van der Waals surface area contributed by atoms with Crippen LogP contribution in [0.2, 0.25) is 0 Å². The third kappa shape index (κ3) is 3.73. The maximum atomic E-state index is 13.1. The SMILES string of the molecule is CCn1ncc(C(=O)NCC(C)(O)c2cccs2)c1C(F)(F)F. The van der Waals surface area contributed by atoms with Gasteiger partial charge in [0.15, 0.2) is 5.69 Å². The number of aromatic nitrogens is 2. The van der Waals surface area contributed by atoms with Crippen LogP contribution in [0.25, 0.3) is 0 Å². The highest BCUT2D eigenvalue weighted by Gasteiger charge is 2.40. The van der Waals surface area contributed by atoms with Crippen molar-refractivity contribution in [2.75, 3.05) is 6.54 Å². The van der Waals surface area contributed by atoms with Gasteiger partial charge in [-0.2, -0.15) is 18.3 Å². The fourth-order valence-electron chi connectivity index (χ4n) is 2.11. The smallest absolute Gasteiger partial charge is 0.383 e. The van der Waals surface area contributed by atoms with E-state index in [1.807, 2.05) is 0 Å². The Hall–Kier alpha value is -1.87. The summed E-state index contributed by atoms with van der Waals surface area (Å²) in [5.41, 5.74) is -3.00. The average Bonchev–Trinajstić information content (AvgIpc) is 3.12. The Bertz CT molecular complexity index is 678. The number of carbonyl (C=O) groups excluding carboxylic acids is 1. The Morgan fingerprint density at radius 1 is 1.48 bits per heavy atom. The van der Waals surface area contributed by atoms with Gasteiger partial charge < -0.3 is 10.4 Å². The van der Waals surface area contributed by atoms with E-state index in [9.17, 15) is 23.1 Å². The highest BCUT2D eigenvalue weighted by Crippen LogP contribution is 2.32. The number of hydrogen-bond donors (Lipinski definition) is 2. The topological polar surface area (TPSA) is 67.2 Å². The molecule has 0 fully saturated rings. The van der Waals surface area contributed by atoms with Crippen LogP contribution in [0.15, 0.2) is 23.7 Å². The molecule has 0 bridgehead atoms. The summed E-state index contributed by atoms with van der Waals surface area (Å²) in [6.07, 6.45) is -3.79. The fourth-order valence-corrected chi connectivity index (χ4v) is 2.90. The zero-order valence-corrected chi connectivity index (χ0v) is 13.3. The lowest BCUT2D eigenvalue weighted by Crippen LogP contribution is -2.38. The van der Waals surface area contributed by atoms with Crippen LogP contribution >= 0.6 is 11.3 Å². The van der Waals surface area contributed by atoms with Gasteiger partial charge in [-0.15, -0.1) is 11.3 Å². The highest BCUT2D eigenvalue weighted by atomic mass is 32.1. The number of aliphatic hydroxyl groups is 1. The second-order valence-corrected chi connectivity index (χ2v) is 6.10. The maximum absolute atomic E-state index is 13.1. The molecule has 2 heterocycles. The molecule has 9 heteroatoms. The fraction of sp³-hybridized carbons (Fsp3) is 0.429. The normalized spacial score (nSPS) is 14.5. The number of rotatable bonds is 5. The zero-order valence-electron chi connectivity index (χ0n) is 12.5. The van der Waals surface area contributed by atoms with E-state index in [0.717, 1.165) is 10.9 Å². The number of alkyl halides is 3. The van der Waals surface area contributed by atoms with Crippen molar-refractivity contribution in [3.63, 3.8) is 0 Å². The summed E-state index contributed by atoms with van der Waals surface area (Å²) in [5, 5.41) is 18.0. The minimum atomic E-state index is -4.69. The summed E-state index contributed by atoms with van der Waals surface area (Å²) in [7, 11) is 0.